The minimum Gasteiger partial charge on any atom is -0.440 e. The Morgan fingerprint density at radius 2 is 1.52 bits per heavy atom. The van der Waals surface area contributed by atoms with Gasteiger partial charge in [0.1, 0.15) is 23.2 Å². The molecule has 0 bridgehead atoms. The van der Waals surface area contributed by atoms with E-state index in [2.05, 4.69) is 9.97 Å². The Balaban J connectivity index is 1.79. The number of hydrogen-bond acceptors (Lipinski definition) is 5. The summed E-state index contributed by atoms with van der Waals surface area (Å²) in [6, 6.07) is 13.7. The normalized spacial score (nSPS) is 12.2. The van der Waals surface area contributed by atoms with E-state index in [0.717, 1.165) is 24.6 Å². The molecule has 3 aromatic carbocycles. The number of oxazole rings is 1. The Morgan fingerprint density at radius 3 is 2.15 bits per heavy atom. The average Bonchev–Trinajstić information content (AvgIpc) is 3.45. The summed E-state index contributed by atoms with van der Waals surface area (Å²) >= 11 is 0. The lowest BCUT2D eigenvalue weighted by molar-refractivity contribution is -0.141. The van der Waals surface area contributed by atoms with Crippen molar-refractivity contribution in [1.29, 1.82) is 0 Å². The van der Waals surface area contributed by atoms with E-state index in [1.165, 1.54) is 36.6 Å². The van der Waals surface area contributed by atoms with Crippen molar-refractivity contribution in [1.82, 2.24) is 14.5 Å². The topological polar surface area (TPSA) is 78.0 Å². The van der Waals surface area contributed by atoms with Gasteiger partial charge in [-0.3, -0.25) is 0 Å². The molecule has 12 heteroatoms. The van der Waals surface area contributed by atoms with E-state index in [1.54, 1.807) is 24.3 Å². The molecule has 0 saturated carbocycles. The third-order valence-electron chi connectivity index (χ3n) is 6.14. The van der Waals surface area contributed by atoms with Gasteiger partial charge in [0.2, 0.25) is 0 Å². The molecule has 0 aliphatic carbocycles. The fourth-order valence-electron chi connectivity index (χ4n) is 4.37. The third kappa shape index (κ3) is 5.26. The van der Waals surface area contributed by atoms with Crippen molar-refractivity contribution in [2.45, 2.75) is 24.9 Å². The van der Waals surface area contributed by atoms with Crippen LogP contribution in [0.15, 0.2) is 76.2 Å². The van der Waals surface area contributed by atoms with Crippen LogP contribution >= 0.6 is 0 Å². The zero-order valence-electron chi connectivity index (χ0n) is 21.2. The van der Waals surface area contributed by atoms with Crippen molar-refractivity contribution in [3.63, 3.8) is 0 Å². The van der Waals surface area contributed by atoms with Gasteiger partial charge in [-0.15, -0.1) is 0 Å². The van der Waals surface area contributed by atoms with Gasteiger partial charge in [-0.1, -0.05) is 18.2 Å². The molecule has 2 heterocycles. The summed E-state index contributed by atoms with van der Waals surface area (Å²) in [5, 5.41) is 0. The molecule has 0 fully saturated rings. The molecule has 2 aromatic heterocycles. The van der Waals surface area contributed by atoms with Crippen molar-refractivity contribution in [2.24, 2.45) is 0 Å². The summed E-state index contributed by atoms with van der Waals surface area (Å²) in [6.07, 6.45) is -2.78. The SMILES string of the molecule is Cc1nc(-c2cc(-c3cccc(S(C)(=O)=O)c3)ccc2-n2cc(C(F)(F)F)nc2C)c(-c2cc(F)cc(F)c2)o1. The lowest BCUT2D eigenvalue weighted by Crippen LogP contribution is -2.05. The first kappa shape index (κ1) is 27.3. The van der Waals surface area contributed by atoms with Gasteiger partial charge in [0, 0.05) is 36.6 Å². The lowest BCUT2D eigenvalue weighted by Gasteiger charge is -2.14. The molecule has 5 aromatic rings. The highest BCUT2D eigenvalue weighted by molar-refractivity contribution is 7.90. The minimum absolute atomic E-state index is 0.00648. The number of hydrogen-bond donors (Lipinski definition) is 0. The van der Waals surface area contributed by atoms with E-state index >= 15 is 0 Å². The molecular formula is C28H20F5N3O3S. The Kier molecular flexibility index (Phi) is 6.61. The highest BCUT2D eigenvalue weighted by atomic mass is 32.2. The Hall–Kier alpha value is -4.32. The van der Waals surface area contributed by atoms with E-state index in [1.807, 2.05) is 0 Å². The summed E-state index contributed by atoms with van der Waals surface area (Å²) in [5.74, 6) is -1.56. The van der Waals surface area contributed by atoms with Crippen LogP contribution in [-0.2, 0) is 16.0 Å². The Labute approximate surface area is 225 Å². The fraction of sp³-hybridized carbons (Fsp3) is 0.143. The zero-order valence-corrected chi connectivity index (χ0v) is 22.0. The van der Waals surface area contributed by atoms with Crippen LogP contribution in [0.25, 0.3) is 39.4 Å². The summed E-state index contributed by atoms with van der Waals surface area (Å²) < 4.78 is 99.9. The molecule has 5 rings (SSSR count). The predicted molar refractivity (Wildman–Crippen MR) is 137 cm³/mol. The van der Waals surface area contributed by atoms with E-state index < -0.39 is 33.3 Å². The van der Waals surface area contributed by atoms with Gasteiger partial charge in [0.05, 0.1) is 10.6 Å². The van der Waals surface area contributed by atoms with Crippen LogP contribution in [0.1, 0.15) is 17.4 Å². The average molecular weight is 574 g/mol. The van der Waals surface area contributed by atoms with Crippen molar-refractivity contribution >= 4 is 9.84 Å². The van der Waals surface area contributed by atoms with Crippen molar-refractivity contribution in [3.05, 3.63) is 95.9 Å². The first-order valence-corrected chi connectivity index (χ1v) is 13.6. The largest absolute Gasteiger partial charge is 0.440 e. The van der Waals surface area contributed by atoms with E-state index in [-0.39, 0.29) is 44.9 Å². The van der Waals surface area contributed by atoms with Crippen LogP contribution in [0.2, 0.25) is 0 Å². The van der Waals surface area contributed by atoms with Crippen LogP contribution in [-0.4, -0.2) is 29.2 Å². The van der Waals surface area contributed by atoms with Crippen LogP contribution < -0.4 is 0 Å². The Morgan fingerprint density at radius 1 is 0.850 bits per heavy atom. The fourth-order valence-corrected chi connectivity index (χ4v) is 5.03. The maximum absolute atomic E-state index is 14.1. The van der Waals surface area contributed by atoms with Crippen LogP contribution in [0.3, 0.4) is 0 Å². The molecule has 0 atom stereocenters. The first-order valence-electron chi connectivity index (χ1n) is 11.7. The summed E-state index contributed by atoms with van der Waals surface area (Å²) in [6.45, 7) is 2.92. The smallest absolute Gasteiger partial charge is 0.434 e. The van der Waals surface area contributed by atoms with E-state index in [4.69, 9.17) is 4.42 Å². The quantitative estimate of drug-likeness (QED) is 0.208. The number of halogens is 5. The van der Waals surface area contributed by atoms with Crippen LogP contribution in [0, 0.1) is 25.5 Å². The predicted octanol–water partition coefficient (Wildman–Crippen LogP) is 7.18. The molecule has 206 valence electrons. The van der Waals surface area contributed by atoms with Gasteiger partial charge in [0.25, 0.3) is 0 Å². The molecular weight excluding hydrogens is 553 g/mol. The molecule has 40 heavy (non-hydrogen) atoms. The van der Waals surface area contributed by atoms with Gasteiger partial charge in [-0.25, -0.2) is 27.2 Å². The van der Waals surface area contributed by atoms with Gasteiger partial charge in [-0.05, 0) is 54.4 Å². The van der Waals surface area contributed by atoms with Crippen LogP contribution in [0.4, 0.5) is 22.0 Å². The van der Waals surface area contributed by atoms with Gasteiger partial charge >= 0.3 is 6.18 Å². The molecule has 0 aliphatic heterocycles. The number of aryl methyl sites for hydroxylation is 2. The number of aromatic nitrogens is 3. The van der Waals surface area contributed by atoms with Gasteiger partial charge in [-0.2, -0.15) is 13.2 Å². The molecule has 0 spiro atoms. The molecule has 0 aliphatic rings. The van der Waals surface area contributed by atoms with Crippen LogP contribution in [0.5, 0.6) is 0 Å². The molecule has 0 N–H and O–H groups in total. The standard InChI is InChI=1S/C28H20F5N3O3S/c1-15-34-25(28(31,32)33)14-36(15)24-8-7-18(17-5-4-6-22(11-17)40(3,37)38)12-23(24)26-27(39-16(2)35-26)19-9-20(29)13-21(30)10-19/h4-14H,1-3H3. The number of sulfone groups is 1. The Bertz CT molecular complexity index is 1850. The molecule has 0 saturated heterocycles. The number of nitrogens with zero attached hydrogens (tertiary/aromatic N) is 3. The summed E-state index contributed by atoms with van der Waals surface area (Å²) in [7, 11) is -3.53. The lowest BCUT2D eigenvalue weighted by atomic mass is 9.98. The van der Waals surface area contributed by atoms with Crippen molar-refractivity contribution < 1.29 is 34.8 Å². The highest BCUT2D eigenvalue weighted by Gasteiger charge is 2.35. The van der Waals surface area contributed by atoms with Gasteiger partial charge in [0.15, 0.2) is 27.2 Å². The maximum atomic E-state index is 14.1. The highest BCUT2D eigenvalue weighted by Crippen LogP contribution is 2.40. The third-order valence-corrected chi connectivity index (χ3v) is 7.25. The van der Waals surface area contributed by atoms with Crippen molar-refractivity contribution in [3.8, 4) is 39.4 Å². The second-order valence-electron chi connectivity index (χ2n) is 9.14. The number of benzene rings is 3. The summed E-state index contributed by atoms with van der Waals surface area (Å²) in [4.78, 5) is 8.14. The number of alkyl halides is 3. The maximum Gasteiger partial charge on any atom is 0.434 e. The summed E-state index contributed by atoms with van der Waals surface area (Å²) in [5.41, 5.74) is 0.539. The number of imidazole rings is 1. The first-order chi connectivity index (χ1) is 18.7. The zero-order chi connectivity index (χ0) is 29.0. The minimum atomic E-state index is -4.70. The monoisotopic (exact) mass is 573 g/mol. The van der Waals surface area contributed by atoms with Crippen molar-refractivity contribution in [2.75, 3.05) is 6.26 Å². The second kappa shape index (κ2) is 9.70. The van der Waals surface area contributed by atoms with Gasteiger partial charge < -0.3 is 8.98 Å². The molecule has 0 amide bonds. The van der Waals surface area contributed by atoms with E-state index in [0.29, 0.717) is 17.2 Å². The number of rotatable bonds is 5. The molecule has 0 unspecified atom stereocenters. The molecule has 0 radical (unpaired) electrons. The molecule has 6 nitrogen and oxygen atoms in total. The second-order valence-corrected chi connectivity index (χ2v) is 11.2. The van der Waals surface area contributed by atoms with E-state index in [9.17, 15) is 30.4 Å².